The van der Waals surface area contributed by atoms with Crippen molar-refractivity contribution in [2.45, 2.75) is 106 Å². The van der Waals surface area contributed by atoms with Crippen molar-refractivity contribution < 1.29 is 52.7 Å². The van der Waals surface area contributed by atoms with Gasteiger partial charge in [0.1, 0.15) is 24.4 Å². The molecule has 5 atom stereocenters. The van der Waals surface area contributed by atoms with Crippen molar-refractivity contribution >= 4 is 24.4 Å². The molecule has 0 fully saturated rings. The van der Waals surface area contributed by atoms with Gasteiger partial charge in [-0.3, -0.25) is 4.79 Å². The molecule has 1 rings (SSSR count). The molecule has 12 nitrogen and oxygen atoms in total. The van der Waals surface area contributed by atoms with E-state index in [-0.39, 0.29) is 41.8 Å². The number of carbonyl (C=O) groups is 4. The van der Waals surface area contributed by atoms with Crippen LogP contribution < -0.4 is 15.2 Å². The fraction of sp³-hybridized carbons (Fsp3) is 0.667. The SMILES string of the molecule is CC(CC(c1ccc(OC(=O)OC(C)C(C)C)c(OC(=O)OC(C)C(C)C)c1)[C@H](N)C(=O)O)OC(=O)OCC(C)(C)C. The van der Waals surface area contributed by atoms with E-state index < -0.39 is 54.7 Å². The van der Waals surface area contributed by atoms with Gasteiger partial charge in [0.05, 0.1) is 6.61 Å². The zero-order valence-corrected chi connectivity index (χ0v) is 26.3. The van der Waals surface area contributed by atoms with Crippen LogP contribution in [0.4, 0.5) is 14.4 Å². The maximum Gasteiger partial charge on any atom is 0.514 e. The maximum absolute atomic E-state index is 12.6. The molecule has 0 aliphatic rings. The van der Waals surface area contributed by atoms with Crippen molar-refractivity contribution in [2.24, 2.45) is 23.0 Å². The van der Waals surface area contributed by atoms with Crippen molar-refractivity contribution in [3.8, 4) is 11.5 Å². The van der Waals surface area contributed by atoms with E-state index in [0.717, 1.165) is 0 Å². The second-order valence-corrected chi connectivity index (χ2v) is 12.3. The Morgan fingerprint density at radius 3 is 1.74 bits per heavy atom. The molecule has 1 aromatic carbocycles. The van der Waals surface area contributed by atoms with Crippen LogP contribution in [0.2, 0.25) is 0 Å². The van der Waals surface area contributed by atoms with Crippen LogP contribution in [0.25, 0.3) is 0 Å². The fourth-order valence-electron chi connectivity index (χ4n) is 3.26. The fourth-order valence-corrected chi connectivity index (χ4v) is 3.26. The van der Waals surface area contributed by atoms with Crippen LogP contribution >= 0.6 is 0 Å². The molecule has 1 aromatic rings. The second kappa shape index (κ2) is 16.2. The Labute approximate surface area is 248 Å². The first kappa shape index (κ1) is 36.5. The molecule has 12 heteroatoms. The summed E-state index contributed by atoms with van der Waals surface area (Å²) < 4.78 is 31.7. The molecule has 0 saturated heterocycles. The highest BCUT2D eigenvalue weighted by molar-refractivity contribution is 5.75. The van der Waals surface area contributed by atoms with Crippen molar-refractivity contribution in [3.05, 3.63) is 23.8 Å². The number of aliphatic carboxylic acids is 1. The minimum Gasteiger partial charge on any atom is -0.480 e. The molecule has 3 N–H and O–H groups in total. The normalized spacial score (nSPS) is 15.2. The third kappa shape index (κ3) is 13.0. The lowest BCUT2D eigenvalue weighted by atomic mass is 9.87. The first-order valence-corrected chi connectivity index (χ1v) is 14.0. The summed E-state index contributed by atoms with van der Waals surface area (Å²) in [5.41, 5.74) is 6.08. The number of hydrogen-bond acceptors (Lipinski definition) is 11. The van der Waals surface area contributed by atoms with Gasteiger partial charge < -0.3 is 39.3 Å². The lowest BCUT2D eigenvalue weighted by Crippen LogP contribution is -2.38. The van der Waals surface area contributed by atoms with Gasteiger partial charge in [0, 0.05) is 5.92 Å². The van der Waals surface area contributed by atoms with Gasteiger partial charge in [-0.2, -0.15) is 0 Å². The van der Waals surface area contributed by atoms with Gasteiger partial charge >= 0.3 is 24.4 Å². The average molecular weight is 598 g/mol. The van der Waals surface area contributed by atoms with E-state index in [2.05, 4.69) is 0 Å². The predicted molar refractivity (Wildman–Crippen MR) is 154 cm³/mol. The second-order valence-electron chi connectivity index (χ2n) is 12.3. The van der Waals surface area contributed by atoms with Gasteiger partial charge in [-0.1, -0.05) is 54.5 Å². The van der Waals surface area contributed by atoms with Crippen LogP contribution in [-0.4, -0.2) is 60.5 Å². The lowest BCUT2D eigenvalue weighted by molar-refractivity contribution is -0.139. The molecule has 238 valence electrons. The zero-order valence-electron chi connectivity index (χ0n) is 26.3. The predicted octanol–water partition coefficient (Wildman–Crippen LogP) is 6.28. The van der Waals surface area contributed by atoms with E-state index in [1.807, 2.05) is 48.5 Å². The molecule has 0 radical (unpaired) electrons. The average Bonchev–Trinajstić information content (AvgIpc) is 2.85. The molecule has 0 heterocycles. The van der Waals surface area contributed by atoms with Crippen molar-refractivity contribution in [1.82, 2.24) is 0 Å². The first-order chi connectivity index (χ1) is 19.3. The molecule has 4 unspecified atom stereocenters. The topological polar surface area (TPSA) is 170 Å². The van der Waals surface area contributed by atoms with E-state index in [1.165, 1.54) is 18.2 Å². The summed E-state index contributed by atoms with van der Waals surface area (Å²) in [7, 11) is 0. The summed E-state index contributed by atoms with van der Waals surface area (Å²) in [6.45, 7) is 18.2. The van der Waals surface area contributed by atoms with Gasteiger partial charge in [-0.15, -0.1) is 0 Å². The highest BCUT2D eigenvalue weighted by atomic mass is 16.8. The third-order valence-electron chi connectivity index (χ3n) is 6.45. The largest absolute Gasteiger partial charge is 0.514 e. The summed E-state index contributed by atoms with van der Waals surface area (Å²) in [5, 5.41) is 9.70. The minimum absolute atomic E-state index is 0.00150. The molecule has 0 amide bonds. The van der Waals surface area contributed by atoms with E-state index >= 15 is 0 Å². The highest BCUT2D eigenvalue weighted by Crippen LogP contribution is 2.35. The Balaban J connectivity index is 3.34. The lowest BCUT2D eigenvalue weighted by Gasteiger charge is -2.26. The third-order valence-corrected chi connectivity index (χ3v) is 6.45. The summed E-state index contributed by atoms with van der Waals surface area (Å²) in [4.78, 5) is 49.1. The smallest absolute Gasteiger partial charge is 0.480 e. The molecule has 0 aliphatic carbocycles. The number of nitrogens with two attached hydrogens (primary N) is 1. The number of ether oxygens (including phenoxy) is 6. The van der Waals surface area contributed by atoms with E-state index in [0.29, 0.717) is 5.56 Å². The quantitative estimate of drug-likeness (QED) is 0.148. The van der Waals surface area contributed by atoms with Crippen LogP contribution in [0.15, 0.2) is 18.2 Å². The van der Waals surface area contributed by atoms with Crippen LogP contribution in [0.3, 0.4) is 0 Å². The Bertz CT molecular complexity index is 1060. The molecular weight excluding hydrogens is 550 g/mol. The summed E-state index contributed by atoms with van der Waals surface area (Å²) in [6, 6.07) is 2.71. The summed E-state index contributed by atoms with van der Waals surface area (Å²) in [5.74, 6) is -2.57. The van der Waals surface area contributed by atoms with Gasteiger partial charge in [-0.25, -0.2) is 14.4 Å². The standard InChI is InChI=1S/C30H47NO11/c1-16(2)19(6)39-28(35)41-23-12-11-21(14-24(23)42-29(36)40-20(7)17(3)4)22(25(31)26(32)33)13-18(5)38-27(34)37-15-30(8,9)10/h11-12,14,16-20,22,25H,13,15,31H2,1-10H3,(H,32,33)/t18?,19?,20?,22?,25-/m0/s1. The summed E-state index contributed by atoms with van der Waals surface area (Å²) in [6.07, 6.45) is -4.72. The van der Waals surface area contributed by atoms with E-state index in [4.69, 9.17) is 34.2 Å². The number of carboxylic acid groups (broad SMARTS) is 1. The van der Waals surface area contributed by atoms with Gasteiger partial charge in [0.15, 0.2) is 11.5 Å². The monoisotopic (exact) mass is 597 g/mol. The molecule has 0 saturated carbocycles. The van der Waals surface area contributed by atoms with Gasteiger partial charge in [-0.05, 0) is 62.1 Å². The van der Waals surface area contributed by atoms with Crippen LogP contribution in [0.5, 0.6) is 11.5 Å². The van der Waals surface area contributed by atoms with Crippen LogP contribution in [0, 0.1) is 17.3 Å². The Morgan fingerprint density at radius 1 is 0.786 bits per heavy atom. The molecule has 0 bridgehead atoms. The molecular formula is C30H47NO11. The molecule has 0 aromatic heterocycles. The van der Waals surface area contributed by atoms with Gasteiger partial charge in [0.2, 0.25) is 0 Å². The Kier molecular flexibility index (Phi) is 14.1. The number of carboxylic acids is 1. The number of benzene rings is 1. The molecule has 0 aliphatic heterocycles. The number of hydrogen-bond donors (Lipinski definition) is 2. The number of carbonyl (C=O) groups excluding carboxylic acids is 3. The van der Waals surface area contributed by atoms with Crippen LogP contribution in [0.1, 0.15) is 87.1 Å². The van der Waals surface area contributed by atoms with E-state index in [9.17, 15) is 24.3 Å². The maximum atomic E-state index is 12.6. The minimum atomic E-state index is -1.42. The van der Waals surface area contributed by atoms with Crippen molar-refractivity contribution in [2.75, 3.05) is 6.61 Å². The summed E-state index contributed by atoms with van der Waals surface area (Å²) >= 11 is 0. The van der Waals surface area contributed by atoms with E-state index in [1.54, 1.807) is 20.8 Å². The highest BCUT2D eigenvalue weighted by Gasteiger charge is 2.31. The first-order valence-electron chi connectivity index (χ1n) is 14.0. The Hall–Kier alpha value is -3.54. The molecule has 42 heavy (non-hydrogen) atoms. The Morgan fingerprint density at radius 2 is 1.29 bits per heavy atom. The van der Waals surface area contributed by atoms with Crippen molar-refractivity contribution in [1.29, 1.82) is 0 Å². The van der Waals surface area contributed by atoms with Crippen molar-refractivity contribution in [3.63, 3.8) is 0 Å². The zero-order chi connectivity index (χ0) is 32.4. The van der Waals surface area contributed by atoms with Gasteiger partial charge in [0.25, 0.3) is 0 Å². The van der Waals surface area contributed by atoms with Crippen LogP contribution in [-0.2, 0) is 23.7 Å². The number of rotatable bonds is 13. The molecule has 0 spiro atoms.